The summed E-state index contributed by atoms with van der Waals surface area (Å²) in [6, 6.07) is -0.638. The predicted octanol–water partition coefficient (Wildman–Crippen LogP) is -5.90. The number of quaternary nitrogens is 1. The van der Waals surface area contributed by atoms with Crippen LogP contribution in [0.4, 0.5) is 0 Å². The molecule has 0 aliphatic carbocycles. The molecule has 0 aromatic carbocycles. The molecule has 0 amide bonds. The van der Waals surface area contributed by atoms with E-state index in [9.17, 15) is 9.90 Å². The lowest BCUT2D eigenvalue weighted by atomic mass is 10.1. The minimum Gasteiger partial charge on any atom is -0.544 e. The second-order valence-electron chi connectivity index (χ2n) is 2.89. The Morgan fingerprint density at radius 3 is 3.08 bits per heavy atom. The first-order valence-electron chi connectivity index (χ1n) is 3.76. The third kappa shape index (κ3) is 2.09. The molecule has 6 nitrogen and oxygen atoms in total. The van der Waals surface area contributed by atoms with E-state index in [1.54, 1.807) is 0 Å². The highest BCUT2D eigenvalue weighted by atomic mass is 16.4. The Hall–Kier alpha value is -1.30. The van der Waals surface area contributed by atoms with E-state index in [0.717, 1.165) is 0 Å². The molecule has 1 aliphatic rings. The summed E-state index contributed by atoms with van der Waals surface area (Å²) < 4.78 is 0. The van der Waals surface area contributed by atoms with Crippen LogP contribution in [0.3, 0.4) is 0 Å². The molecule has 1 rings (SSSR count). The molecule has 7 N–H and O–H groups in total. The third-order valence-electron chi connectivity index (χ3n) is 1.80. The Balaban J connectivity index is 2.30. The SMILES string of the molecule is NC1=[NH+]C[C@@H](C[C@H]([NH3+])C(=O)[O-])N1. The highest BCUT2D eigenvalue weighted by molar-refractivity contribution is 5.73. The van der Waals surface area contributed by atoms with Crippen LogP contribution in [0.2, 0.25) is 0 Å². The van der Waals surface area contributed by atoms with Gasteiger partial charge in [-0.25, -0.2) is 0 Å². The zero-order chi connectivity index (χ0) is 9.14. The lowest BCUT2D eigenvalue weighted by Gasteiger charge is -2.11. The van der Waals surface area contributed by atoms with Gasteiger partial charge in [0, 0.05) is 6.42 Å². The normalized spacial score (nSPS) is 24.4. The largest absolute Gasteiger partial charge is 0.544 e. The van der Waals surface area contributed by atoms with Gasteiger partial charge in [-0.1, -0.05) is 0 Å². The summed E-state index contributed by atoms with van der Waals surface area (Å²) in [4.78, 5) is 13.2. The van der Waals surface area contributed by atoms with Crippen LogP contribution in [-0.2, 0) is 4.79 Å². The van der Waals surface area contributed by atoms with Crippen LogP contribution < -0.4 is 26.9 Å². The van der Waals surface area contributed by atoms with Crippen LogP contribution in [0.5, 0.6) is 0 Å². The molecule has 0 bridgehead atoms. The lowest BCUT2D eigenvalue weighted by molar-refractivity contribution is -0.458. The van der Waals surface area contributed by atoms with Crippen LogP contribution in [0, 0.1) is 0 Å². The molecule has 0 saturated carbocycles. The summed E-state index contributed by atoms with van der Waals surface area (Å²) in [5, 5.41) is 13.2. The van der Waals surface area contributed by atoms with E-state index in [1.807, 2.05) is 0 Å². The maximum atomic E-state index is 10.3. The fraction of sp³-hybridized carbons (Fsp3) is 0.667. The quantitative estimate of drug-likeness (QED) is 0.339. The number of carboxylic acids is 1. The van der Waals surface area contributed by atoms with Crippen LogP contribution in [0.25, 0.3) is 0 Å². The monoisotopic (exact) mass is 173 g/mol. The molecular weight excluding hydrogens is 160 g/mol. The maximum absolute atomic E-state index is 10.3. The van der Waals surface area contributed by atoms with E-state index < -0.39 is 12.0 Å². The zero-order valence-corrected chi connectivity index (χ0v) is 6.67. The predicted molar refractivity (Wildman–Crippen MR) is 38.2 cm³/mol. The average molecular weight is 173 g/mol. The van der Waals surface area contributed by atoms with Gasteiger partial charge in [-0.15, -0.1) is 0 Å². The van der Waals surface area contributed by atoms with Gasteiger partial charge < -0.3 is 15.6 Å². The molecule has 2 atom stereocenters. The number of rotatable bonds is 3. The fourth-order valence-corrected chi connectivity index (χ4v) is 1.14. The number of hydrogen-bond acceptors (Lipinski definition) is 4. The van der Waals surface area contributed by atoms with Crippen molar-refractivity contribution >= 4 is 11.9 Å². The van der Waals surface area contributed by atoms with Crippen molar-refractivity contribution in [3.8, 4) is 0 Å². The summed E-state index contributed by atoms with van der Waals surface area (Å²) >= 11 is 0. The summed E-state index contributed by atoms with van der Waals surface area (Å²) in [5.74, 6) is -0.632. The second kappa shape index (κ2) is 3.40. The smallest absolute Gasteiger partial charge is 0.341 e. The van der Waals surface area contributed by atoms with Crippen LogP contribution in [0.1, 0.15) is 6.42 Å². The molecule has 0 fully saturated rings. The topological polar surface area (TPSA) is 120 Å². The average Bonchev–Trinajstić information content (AvgIpc) is 2.35. The first-order valence-corrected chi connectivity index (χ1v) is 3.76. The molecule has 1 heterocycles. The number of aliphatic carboxylic acids is 1. The van der Waals surface area contributed by atoms with Crippen molar-refractivity contribution in [3.63, 3.8) is 0 Å². The molecule has 0 spiro atoms. The van der Waals surface area contributed by atoms with E-state index in [0.29, 0.717) is 18.9 Å². The van der Waals surface area contributed by atoms with Gasteiger partial charge in [-0.05, 0) is 0 Å². The van der Waals surface area contributed by atoms with Crippen molar-refractivity contribution < 1.29 is 20.6 Å². The molecule has 6 heteroatoms. The minimum atomic E-state index is -1.12. The molecule has 0 unspecified atom stereocenters. The van der Waals surface area contributed by atoms with Crippen LogP contribution in [-0.4, -0.2) is 30.6 Å². The van der Waals surface area contributed by atoms with E-state index in [-0.39, 0.29) is 6.04 Å². The Bertz CT molecular complexity index is 216. The second-order valence-corrected chi connectivity index (χ2v) is 2.89. The van der Waals surface area contributed by atoms with Gasteiger partial charge in [0.1, 0.15) is 12.1 Å². The Labute approximate surface area is 69.6 Å². The Morgan fingerprint density at radius 1 is 2.00 bits per heavy atom. The molecule has 1 aliphatic heterocycles. The van der Waals surface area contributed by atoms with Gasteiger partial charge >= 0.3 is 5.96 Å². The first kappa shape index (κ1) is 8.79. The number of carboxylic acid groups (broad SMARTS) is 1. The highest BCUT2D eigenvalue weighted by Gasteiger charge is 2.24. The molecule has 0 aromatic heterocycles. The summed E-state index contributed by atoms with van der Waals surface area (Å²) in [5.41, 5.74) is 8.83. The van der Waals surface area contributed by atoms with Crippen molar-refractivity contribution in [1.82, 2.24) is 5.32 Å². The van der Waals surface area contributed by atoms with E-state index in [2.05, 4.69) is 16.0 Å². The number of nitrogens with two attached hydrogens (primary N) is 1. The van der Waals surface area contributed by atoms with E-state index in [1.165, 1.54) is 0 Å². The number of carbonyl (C=O) groups is 1. The van der Waals surface area contributed by atoms with E-state index >= 15 is 0 Å². The van der Waals surface area contributed by atoms with Crippen molar-refractivity contribution in [2.45, 2.75) is 18.5 Å². The summed E-state index contributed by atoms with van der Waals surface area (Å²) in [6.45, 7) is 0.644. The van der Waals surface area contributed by atoms with Gasteiger partial charge in [-0.2, -0.15) is 0 Å². The standard InChI is InChI=1S/C6H12N4O2/c7-4(5(11)12)1-3-2-9-6(8)10-3/h3-4H,1-2,7H2,(H,11,12)(H3,8,9,10)/p+1/t3-,4+/m1/s1. The van der Waals surface area contributed by atoms with Crippen LogP contribution >= 0.6 is 0 Å². The number of carbonyl (C=O) groups excluding carboxylic acids is 1. The van der Waals surface area contributed by atoms with Gasteiger partial charge in [0.15, 0.2) is 0 Å². The molecule has 0 radical (unpaired) electrons. The molecule has 0 saturated heterocycles. The van der Waals surface area contributed by atoms with E-state index in [4.69, 9.17) is 5.73 Å². The van der Waals surface area contributed by atoms with Gasteiger partial charge in [-0.3, -0.25) is 16.0 Å². The molecule has 68 valence electrons. The molecular formula is C6H13N4O2+. The number of hydrogen-bond donors (Lipinski definition) is 4. The van der Waals surface area contributed by atoms with Crippen molar-refractivity contribution in [1.29, 1.82) is 0 Å². The number of guanidine groups is 1. The minimum absolute atomic E-state index is 0.0467. The van der Waals surface area contributed by atoms with Crippen molar-refractivity contribution in [2.75, 3.05) is 6.54 Å². The first-order chi connectivity index (χ1) is 5.59. The Morgan fingerprint density at radius 2 is 2.67 bits per heavy atom. The molecule has 0 aromatic rings. The lowest BCUT2D eigenvalue weighted by Crippen LogP contribution is -2.74. The van der Waals surface area contributed by atoms with Gasteiger partial charge in [0.2, 0.25) is 0 Å². The van der Waals surface area contributed by atoms with Gasteiger partial charge in [0.05, 0.1) is 12.5 Å². The third-order valence-corrected chi connectivity index (χ3v) is 1.80. The zero-order valence-electron chi connectivity index (χ0n) is 6.67. The molecule has 12 heavy (non-hydrogen) atoms. The van der Waals surface area contributed by atoms with Crippen molar-refractivity contribution in [2.24, 2.45) is 5.73 Å². The number of nitrogens with one attached hydrogen (secondary N) is 2. The maximum Gasteiger partial charge on any atom is 0.341 e. The van der Waals surface area contributed by atoms with Crippen LogP contribution in [0.15, 0.2) is 0 Å². The summed E-state index contributed by atoms with van der Waals surface area (Å²) in [7, 11) is 0. The summed E-state index contributed by atoms with van der Waals surface area (Å²) in [6.07, 6.45) is 0.427. The van der Waals surface area contributed by atoms with Gasteiger partial charge in [0.25, 0.3) is 0 Å². The fourth-order valence-electron chi connectivity index (χ4n) is 1.14. The Kier molecular flexibility index (Phi) is 2.49. The highest BCUT2D eigenvalue weighted by Crippen LogP contribution is 1.92. The van der Waals surface area contributed by atoms with Crippen molar-refractivity contribution in [3.05, 3.63) is 0 Å².